The van der Waals surface area contributed by atoms with Crippen molar-refractivity contribution in [3.8, 4) is 5.75 Å². The highest BCUT2D eigenvalue weighted by molar-refractivity contribution is 5.71. The summed E-state index contributed by atoms with van der Waals surface area (Å²) in [6, 6.07) is 13.3. The van der Waals surface area contributed by atoms with Gasteiger partial charge in [-0.25, -0.2) is 0 Å². The van der Waals surface area contributed by atoms with Gasteiger partial charge < -0.3 is 14.6 Å². The number of rotatable bonds is 14. The summed E-state index contributed by atoms with van der Waals surface area (Å²) in [6.07, 6.45) is 12.1. The van der Waals surface area contributed by atoms with Crippen LogP contribution in [0.2, 0.25) is 0 Å². The van der Waals surface area contributed by atoms with E-state index in [1.807, 2.05) is 6.08 Å². The van der Waals surface area contributed by atoms with Gasteiger partial charge in [-0.3, -0.25) is 4.79 Å². The van der Waals surface area contributed by atoms with Gasteiger partial charge in [0.25, 0.3) is 0 Å². The molecule has 0 bridgehead atoms. The van der Waals surface area contributed by atoms with E-state index in [4.69, 9.17) is 9.47 Å². The molecule has 4 nitrogen and oxygen atoms in total. The van der Waals surface area contributed by atoms with E-state index < -0.39 is 5.60 Å². The Morgan fingerprint density at radius 1 is 0.974 bits per heavy atom. The van der Waals surface area contributed by atoms with Crippen molar-refractivity contribution < 1.29 is 19.4 Å². The number of unbranched alkanes of at least 4 members (excludes halogenated alkanes) is 2. The predicted molar refractivity (Wildman–Crippen MR) is 157 cm³/mol. The van der Waals surface area contributed by atoms with Crippen LogP contribution >= 0.6 is 0 Å². The van der Waals surface area contributed by atoms with Crippen LogP contribution in [-0.2, 0) is 14.9 Å². The quantitative estimate of drug-likeness (QED) is 0.201. The van der Waals surface area contributed by atoms with E-state index in [1.165, 1.54) is 16.7 Å². The van der Waals surface area contributed by atoms with E-state index in [-0.39, 0.29) is 17.5 Å². The fraction of sp³-hybridized carbons (Fsp3) is 0.559. The molecule has 3 rings (SSSR count). The maximum Gasteiger partial charge on any atom is 0.306 e. The predicted octanol–water partition coefficient (Wildman–Crippen LogP) is 8.23. The molecule has 4 heteroatoms. The summed E-state index contributed by atoms with van der Waals surface area (Å²) >= 11 is 0. The van der Waals surface area contributed by atoms with Gasteiger partial charge in [-0.2, -0.15) is 0 Å². The number of cyclic esters (lactones) is 1. The van der Waals surface area contributed by atoms with Crippen LogP contribution in [0.5, 0.6) is 5.75 Å². The van der Waals surface area contributed by atoms with Crippen molar-refractivity contribution in [3.05, 3.63) is 70.3 Å². The molecule has 1 saturated heterocycles. The fourth-order valence-electron chi connectivity index (χ4n) is 5.69. The first-order chi connectivity index (χ1) is 18.2. The Balaban J connectivity index is 1.81. The third-order valence-electron chi connectivity index (χ3n) is 8.55. The molecule has 2 aromatic rings. The largest absolute Gasteiger partial charge is 0.489 e. The zero-order valence-corrected chi connectivity index (χ0v) is 24.4. The zero-order chi connectivity index (χ0) is 27.8. The Kier molecular flexibility index (Phi) is 10.6. The van der Waals surface area contributed by atoms with E-state index >= 15 is 0 Å². The SMILES string of the molecule is CCCCC[C@](O)(C=Cc1ccc(C(CC)(CC)c2ccc(OCC3CCC(=O)O3)c(C)c2)cc1C)CC. The lowest BCUT2D eigenvalue weighted by molar-refractivity contribution is -0.142. The first-order valence-electron chi connectivity index (χ1n) is 14.7. The molecule has 0 amide bonds. The second kappa shape index (κ2) is 13.5. The summed E-state index contributed by atoms with van der Waals surface area (Å²) in [4.78, 5) is 11.4. The van der Waals surface area contributed by atoms with Gasteiger partial charge in [-0.1, -0.05) is 89.4 Å². The average Bonchev–Trinajstić information content (AvgIpc) is 3.33. The number of aliphatic hydroxyl groups is 1. The molecule has 38 heavy (non-hydrogen) atoms. The molecule has 0 radical (unpaired) electrons. The summed E-state index contributed by atoms with van der Waals surface area (Å²) in [5.41, 5.74) is 5.25. The summed E-state index contributed by atoms with van der Waals surface area (Å²) < 4.78 is 11.3. The molecule has 2 atom stereocenters. The number of hydrogen-bond donors (Lipinski definition) is 1. The lowest BCUT2D eigenvalue weighted by Gasteiger charge is -2.34. The molecule has 2 aromatic carbocycles. The van der Waals surface area contributed by atoms with Gasteiger partial charge >= 0.3 is 5.97 Å². The molecule has 0 saturated carbocycles. The van der Waals surface area contributed by atoms with Crippen molar-refractivity contribution in [1.29, 1.82) is 0 Å². The molecular weight excluding hydrogens is 472 g/mol. The third kappa shape index (κ3) is 7.08. The van der Waals surface area contributed by atoms with Crippen molar-refractivity contribution >= 4 is 12.0 Å². The normalized spacial score (nSPS) is 17.6. The molecule has 1 fully saturated rings. The van der Waals surface area contributed by atoms with Gasteiger partial charge in [-0.15, -0.1) is 0 Å². The van der Waals surface area contributed by atoms with E-state index in [1.54, 1.807) is 0 Å². The van der Waals surface area contributed by atoms with Crippen LogP contribution in [0.1, 0.15) is 113 Å². The van der Waals surface area contributed by atoms with E-state index in [0.29, 0.717) is 13.0 Å². The minimum Gasteiger partial charge on any atom is -0.489 e. The highest BCUT2D eigenvalue weighted by atomic mass is 16.6. The summed E-state index contributed by atoms with van der Waals surface area (Å²) in [5.74, 6) is 0.711. The van der Waals surface area contributed by atoms with E-state index in [2.05, 4.69) is 84.0 Å². The van der Waals surface area contributed by atoms with Gasteiger partial charge in [0.1, 0.15) is 18.5 Å². The Hall–Kier alpha value is -2.59. The number of hydrogen-bond acceptors (Lipinski definition) is 4. The van der Waals surface area contributed by atoms with Crippen LogP contribution in [0.4, 0.5) is 0 Å². The average molecular weight is 521 g/mol. The number of ether oxygens (including phenoxy) is 2. The smallest absolute Gasteiger partial charge is 0.306 e. The van der Waals surface area contributed by atoms with Gasteiger partial charge in [0.05, 0.1) is 5.60 Å². The van der Waals surface area contributed by atoms with Crippen molar-refractivity contribution in [1.82, 2.24) is 0 Å². The Morgan fingerprint density at radius 3 is 2.21 bits per heavy atom. The minimum absolute atomic E-state index is 0.0957. The second-order valence-corrected chi connectivity index (χ2v) is 11.0. The maximum absolute atomic E-state index is 11.4. The van der Waals surface area contributed by atoms with Crippen LogP contribution in [0.15, 0.2) is 42.5 Å². The lowest BCUT2D eigenvalue weighted by atomic mass is 9.70. The number of aryl methyl sites for hydroxylation is 2. The maximum atomic E-state index is 11.4. The molecule has 1 aliphatic heterocycles. The van der Waals surface area contributed by atoms with Crippen molar-refractivity contribution in [2.75, 3.05) is 6.61 Å². The fourth-order valence-corrected chi connectivity index (χ4v) is 5.69. The van der Waals surface area contributed by atoms with Crippen LogP contribution < -0.4 is 4.74 Å². The number of carbonyl (C=O) groups is 1. The molecule has 1 unspecified atom stereocenters. The molecule has 0 aromatic heterocycles. The van der Waals surface area contributed by atoms with Crippen LogP contribution in [0, 0.1) is 13.8 Å². The Morgan fingerprint density at radius 2 is 1.66 bits per heavy atom. The van der Waals surface area contributed by atoms with E-state index in [0.717, 1.165) is 68.2 Å². The highest BCUT2D eigenvalue weighted by Gasteiger charge is 2.32. The first kappa shape index (κ1) is 30.0. The van der Waals surface area contributed by atoms with Crippen LogP contribution in [0.25, 0.3) is 6.08 Å². The van der Waals surface area contributed by atoms with Crippen molar-refractivity contribution in [2.24, 2.45) is 0 Å². The monoisotopic (exact) mass is 520 g/mol. The van der Waals surface area contributed by atoms with Gasteiger partial charge in [0.2, 0.25) is 0 Å². The van der Waals surface area contributed by atoms with Gasteiger partial charge in [0.15, 0.2) is 0 Å². The molecule has 0 spiro atoms. The zero-order valence-electron chi connectivity index (χ0n) is 24.4. The van der Waals surface area contributed by atoms with E-state index in [9.17, 15) is 9.90 Å². The Labute approximate surface area is 230 Å². The van der Waals surface area contributed by atoms with Crippen LogP contribution in [0.3, 0.4) is 0 Å². The van der Waals surface area contributed by atoms with Crippen molar-refractivity contribution in [2.45, 2.75) is 116 Å². The topological polar surface area (TPSA) is 55.8 Å². The first-order valence-corrected chi connectivity index (χ1v) is 14.7. The summed E-state index contributed by atoms with van der Waals surface area (Å²) in [5, 5.41) is 11.0. The number of esters is 1. The summed E-state index contributed by atoms with van der Waals surface area (Å²) in [6.45, 7) is 13.4. The second-order valence-electron chi connectivity index (χ2n) is 11.0. The molecule has 1 N–H and O–H groups in total. The third-order valence-corrected chi connectivity index (χ3v) is 8.55. The molecule has 208 valence electrons. The molecule has 1 aliphatic rings. The molecular formula is C34H48O4. The van der Waals surface area contributed by atoms with Crippen molar-refractivity contribution in [3.63, 3.8) is 0 Å². The Bertz CT molecular complexity index is 1100. The number of benzene rings is 2. The minimum atomic E-state index is -0.738. The van der Waals surface area contributed by atoms with Gasteiger partial charge in [0, 0.05) is 11.8 Å². The summed E-state index contributed by atoms with van der Waals surface area (Å²) in [7, 11) is 0. The number of carbonyl (C=O) groups excluding carboxylic acids is 1. The standard InChI is InChI=1S/C34H48O4/c1-7-11-12-20-33(36,8-2)21-19-27-13-14-28(22-25(27)5)34(9-3,10-4)29-15-17-31(26(6)23-29)37-24-30-16-18-32(35)38-30/h13-15,17,19,21-23,30,36H,7-12,16,18,20,24H2,1-6H3/t30?,33-/m0/s1. The lowest BCUT2D eigenvalue weighted by Crippen LogP contribution is -2.26. The molecule has 0 aliphatic carbocycles. The van der Waals surface area contributed by atoms with Crippen LogP contribution in [-0.4, -0.2) is 29.4 Å². The highest BCUT2D eigenvalue weighted by Crippen LogP contribution is 2.41. The molecule has 1 heterocycles. The van der Waals surface area contributed by atoms with Gasteiger partial charge in [-0.05, 0) is 79.8 Å².